The highest BCUT2D eigenvalue weighted by molar-refractivity contribution is 7.92. The Bertz CT molecular complexity index is 714. The third-order valence-electron chi connectivity index (χ3n) is 5.99. The Morgan fingerprint density at radius 3 is 1.92 bits per heavy atom. The molecule has 0 atom stereocenters. The lowest BCUT2D eigenvalue weighted by Crippen LogP contribution is -2.49. The summed E-state index contributed by atoms with van der Waals surface area (Å²) in [6.45, 7) is 0. The lowest BCUT2D eigenvalue weighted by atomic mass is 9.51. The SMILES string of the molecule is CS(=O)(=O)Nc1ccc(NC(=O)C2C3CC4CC(C3)CC2C4)cc1. The smallest absolute Gasteiger partial charge is 0.229 e. The molecule has 0 unspecified atom stereocenters. The van der Waals surface area contributed by atoms with E-state index in [0.717, 1.165) is 23.8 Å². The molecule has 0 saturated heterocycles. The summed E-state index contributed by atoms with van der Waals surface area (Å²) in [5.74, 6) is 3.15. The molecule has 24 heavy (non-hydrogen) atoms. The molecule has 1 aromatic rings. The van der Waals surface area contributed by atoms with Crippen LogP contribution in [0.15, 0.2) is 24.3 Å². The van der Waals surface area contributed by atoms with Crippen molar-refractivity contribution in [3.63, 3.8) is 0 Å². The van der Waals surface area contributed by atoms with Crippen molar-refractivity contribution < 1.29 is 13.2 Å². The maximum atomic E-state index is 12.8. The van der Waals surface area contributed by atoms with E-state index in [0.29, 0.717) is 17.5 Å². The summed E-state index contributed by atoms with van der Waals surface area (Å²) in [5, 5.41) is 3.04. The van der Waals surface area contributed by atoms with Gasteiger partial charge in [-0.2, -0.15) is 0 Å². The van der Waals surface area contributed by atoms with Crippen molar-refractivity contribution in [2.75, 3.05) is 16.3 Å². The average Bonchev–Trinajstić information content (AvgIpc) is 2.46. The van der Waals surface area contributed by atoms with Crippen LogP contribution >= 0.6 is 0 Å². The van der Waals surface area contributed by atoms with E-state index in [4.69, 9.17) is 0 Å². The van der Waals surface area contributed by atoms with Crippen molar-refractivity contribution in [2.45, 2.75) is 32.1 Å². The molecule has 0 heterocycles. The molecule has 0 radical (unpaired) electrons. The van der Waals surface area contributed by atoms with Crippen LogP contribution in [0.4, 0.5) is 11.4 Å². The highest BCUT2D eigenvalue weighted by Gasteiger charge is 2.50. The summed E-state index contributed by atoms with van der Waals surface area (Å²) in [6.07, 6.45) is 7.40. The van der Waals surface area contributed by atoms with Crippen LogP contribution in [-0.2, 0) is 14.8 Å². The third-order valence-corrected chi connectivity index (χ3v) is 6.59. The first-order chi connectivity index (χ1) is 11.4. The number of hydrogen-bond acceptors (Lipinski definition) is 3. The van der Waals surface area contributed by atoms with Gasteiger partial charge in [-0.3, -0.25) is 9.52 Å². The van der Waals surface area contributed by atoms with Crippen molar-refractivity contribution in [1.29, 1.82) is 0 Å². The number of benzene rings is 1. The molecule has 1 aromatic carbocycles. The quantitative estimate of drug-likeness (QED) is 0.878. The summed E-state index contributed by atoms with van der Waals surface area (Å²) in [5.41, 5.74) is 1.23. The lowest BCUT2D eigenvalue weighted by Gasteiger charge is -2.53. The molecular weight excluding hydrogens is 324 g/mol. The maximum Gasteiger partial charge on any atom is 0.229 e. The van der Waals surface area contributed by atoms with E-state index >= 15 is 0 Å². The Balaban J connectivity index is 1.43. The molecule has 5 rings (SSSR count). The Labute approximate surface area is 143 Å². The second-order valence-electron chi connectivity index (χ2n) is 7.90. The van der Waals surface area contributed by atoms with Gasteiger partial charge in [-0.25, -0.2) is 8.42 Å². The van der Waals surface area contributed by atoms with Crippen molar-refractivity contribution >= 4 is 27.3 Å². The predicted octanol–water partition coefficient (Wildman–Crippen LogP) is 3.07. The molecule has 4 bridgehead atoms. The van der Waals surface area contributed by atoms with Crippen LogP contribution < -0.4 is 10.0 Å². The zero-order valence-corrected chi connectivity index (χ0v) is 14.7. The van der Waals surface area contributed by atoms with Crippen LogP contribution in [0.25, 0.3) is 0 Å². The van der Waals surface area contributed by atoms with E-state index in [2.05, 4.69) is 10.0 Å². The van der Waals surface area contributed by atoms with Crippen LogP contribution in [0.3, 0.4) is 0 Å². The maximum absolute atomic E-state index is 12.8. The molecule has 130 valence electrons. The Morgan fingerprint density at radius 1 is 0.917 bits per heavy atom. The molecule has 6 heteroatoms. The van der Waals surface area contributed by atoms with Crippen molar-refractivity contribution in [1.82, 2.24) is 0 Å². The molecule has 4 fully saturated rings. The normalized spacial score (nSPS) is 34.1. The number of nitrogens with one attached hydrogen (secondary N) is 2. The van der Waals surface area contributed by atoms with Crippen LogP contribution in [-0.4, -0.2) is 20.6 Å². The largest absolute Gasteiger partial charge is 0.326 e. The van der Waals surface area contributed by atoms with Gasteiger partial charge in [0.1, 0.15) is 0 Å². The highest BCUT2D eigenvalue weighted by atomic mass is 32.2. The molecule has 5 nitrogen and oxygen atoms in total. The minimum atomic E-state index is -3.28. The Hall–Kier alpha value is -1.56. The Kier molecular flexibility index (Phi) is 3.82. The van der Waals surface area contributed by atoms with Crippen molar-refractivity contribution in [2.24, 2.45) is 29.6 Å². The van der Waals surface area contributed by atoms with Gasteiger partial charge >= 0.3 is 0 Å². The lowest BCUT2D eigenvalue weighted by molar-refractivity contribution is -0.132. The molecule has 0 aliphatic heterocycles. The molecule has 0 spiro atoms. The van der Waals surface area contributed by atoms with Gasteiger partial charge in [-0.15, -0.1) is 0 Å². The number of carbonyl (C=O) groups is 1. The van der Waals surface area contributed by atoms with Crippen molar-refractivity contribution in [3.05, 3.63) is 24.3 Å². The van der Waals surface area contributed by atoms with Crippen LogP contribution in [0, 0.1) is 29.6 Å². The first kappa shape index (κ1) is 15.9. The molecule has 4 aliphatic carbocycles. The van der Waals surface area contributed by atoms with Gasteiger partial charge < -0.3 is 5.32 Å². The fourth-order valence-corrected chi connectivity index (χ4v) is 5.98. The number of sulfonamides is 1. The molecule has 1 amide bonds. The van der Waals surface area contributed by atoms with Crippen LogP contribution in [0.5, 0.6) is 0 Å². The van der Waals surface area contributed by atoms with Gasteiger partial charge in [0.2, 0.25) is 15.9 Å². The van der Waals surface area contributed by atoms with Gasteiger partial charge in [0, 0.05) is 17.3 Å². The van der Waals surface area contributed by atoms with Gasteiger partial charge in [0.25, 0.3) is 0 Å². The summed E-state index contributed by atoms with van der Waals surface area (Å²) < 4.78 is 24.9. The topological polar surface area (TPSA) is 75.3 Å². The van der Waals surface area contributed by atoms with Crippen LogP contribution in [0.2, 0.25) is 0 Å². The van der Waals surface area contributed by atoms with Gasteiger partial charge in [0.05, 0.1) is 6.26 Å². The molecule has 4 aliphatic rings. The predicted molar refractivity (Wildman–Crippen MR) is 94.1 cm³/mol. The second kappa shape index (κ2) is 5.76. The fraction of sp³-hybridized carbons (Fsp3) is 0.611. The number of anilines is 2. The molecular formula is C18H24N2O3S. The number of hydrogen-bond donors (Lipinski definition) is 2. The summed E-state index contributed by atoms with van der Waals surface area (Å²) in [7, 11) is -3.28. The first-order valence-corrected chi connectivity index (χ1v) is 10.7. The monoisotopic (exact) mass is 348 g/mol. The minimum absolute atomic E-state index is 0.146. The van der Waals surface area contributed by atoms with E-state index in [1.165, 1.54) is 32.1 Å². The fourth-order valence-electron chi connectivity index (χ4n) is 5.41. The minimum Gasteiger partial charge on any atom is -0.326 e. The van der Waals surface area contributed by atoms with Gasteiger partial charge in [0.15, 0.2) is 0 Å². The number of amides is 1. The summed E-state index contributed by atoms with van der Waals surface area (Å²) >= 11 is 0. The van der Waals surface area contributed by atoms with Gasteiger partial charge in [-0.05, 0) is 80.0 Å². The third kappa shape index (κ3) is 3.16. The van der Waals surface area contributed by atoms with E-state index in [9.17, 15) is 13.2 Å². The summed E-state index contributed by atoms with van der Waals surface area (Å²) in [4.78, 5) is 12.8. The zero-order chi connectivity index (χ0) is 16.9. The highest BCUT2D eigenvalue weighted by Crippen LogP contribution is 2.56. The van der Waals surface area contributed by atoms with E-state index in [1.807, 2.05) is 0 Å². The van der Waals surface area contributed by atoms with E-state index in [1.54, 1.807) is 24.3 Å². The van der Waals surface area contributed by atoms with E-state index < -0.39 is 10.0 Å². The van der Waals surface area contributed by atoms with Crippen molar-refractivity contribution in [3.8, 4) is 0 Å². The first-order valence-electron chi connectivity index (χ1n) is 8.76. The molecule has 2 N–H and O–H groups in total. The van der Waals surface area contributed by atoms with Crippen LogP contribution in [0.1, 0.15) is 32.1 Å². The standard InChI is InChI=1S/C18H24N2O3S/c1-24(22,23)20-16-4-2-15(3-5-16)19-18(21)17-13-7-11-6-12(9-13)10-14(17)8-11/h2-5,11-14,17,20H,6-10H2,1H3,(H,19,21). The average molecular weight is 348 g/mol. The van der Waals surface area contributed by atoms with Gasteiger partial charge in [-0.1, -0.05) is 0 Å². The Morgan fingerprint density at radius 2 is 1.42 bits per heavy atom. The molecule has 4 saturated carbocycles. The number of carbonyl (C=O) groups excluding carboxylic acids is 1. The molecule has 0 aromatic heterocycles. The summed E-state index contributed by atoms with van der Waals surface area (Å²) in [6, 6.07) is 6.85. The number of rotatable bonds is 4. The second-order valence-corrected chi connectivity index (χ2v) is 9.65. The van der Waals surface area contributed by atoms with E-state index in [-0.39, 0.29) is 11.8 Å². The zero-order valence-electron chi connectivity index (χ0n) is 13.9.